The summed E-state index contributed by atoms with van der Waals surface area (Å²) >= 11 is 0. The molecule has 0 spiro atoms. The molecule has 0 amide bonds. The maximum atomic E-state index is 6.27. The van der Waals surface area contributed by atoms with Crippen molar-refractivity contribution in [2.75, 3.05) is 0 Å². The molecule has 236 valence electrons. The zero-order valence-electron chi connectivity index (χ0n) is 27.3. The van der Waals surface area contributed by atoms with Gasteiger partial charge in [-0.15, -0.1) is 0 Å². The molecule has 0 unspecified atom stereocenters. The number of furan rings is 1. The number of hydrogen-bond donors (Lipinski definition) is 0. The second kappa shape index (κ2) is 12.4. The first-order valence-electron chi connectivity index (χ1n) is 16.7. The summed E-state index contributed by atoms with van der Waals surface area (Å²) in [6.07, 6.45) is 0. The normalized spacial score (nSPS) is 12.4. The monoisotopic (exact) mass is 641 g/mol. The Morgan fingerprint density at radius 3 is 1.86 bits per heavy atom. The van der Waals surface area contributed by atoms with Gasteiger partial charge in [-0.1, -0.05) is 140 Å². The molecule has 0 saturated carbocycles. The maximum absolute atomic E-state index is 6.27. The lowest BCUT2D eigenvalue weighted by molar-refractivity contribution is 0.669. The molecule has 0 aliphatic carbocycles. The first-order chi connectivity index (χ1) is 24.7. The number of amidine groups is 2. The van der Waals surface area contributed by atoms with Crippen LogP contribution in [0.1, 0.15) is 16.7 Å². The van der Waals surface area contributed by atoms with Crippen molar-refractivity contribution in [2.24, 2.45) is 15.0 Å². The van der Waals surface area contributed by atoms with Gasteiger partial charge in [-0.25, -0.2) is 9.98 Å². The molecule has 50 heavy (non-hydrogen) atoms. The predicted molar refractivity (Wildman–Crippen MR) is 211 cm³/mol. The van der Waals surface area contributed by atoms with E-state index in [0.717, 1.165) is 65.9 Å². The van der Waals surface area contributed by atoms with E-state index in [1.165, 1.54) is 16.2 Å². The van der Waals surface area contributed by atoms with Crippen molar-refractivity contribution in [2.45, 2.75) is 6.54 Å². The zero-order valence-corrected chi connectivity index (χ0v) is 27.3. The van der Waals surface area contributed by atoms with E-state index in [9.17, 15) is 0 Å². The van der Waals surface area contributed by atoms with Crippen molar-refractivity contribution < 1.29 is 4.42 Å². The summed E-state index contributed by atoms with van der Waals surface area (Å²) in [6.45, 7) is 4.52. The lowest BCUT2D eigenvalue weighted by atomic mass is 9.89. The number of hydrogen-bond acceptors (Lipinski definition) is 2. The van der Waals surface area contributed by atoms with E-state index in [-0.39, 0.29) is 0 Å². The van der Waals surface area contributed by atoms with Crippen LogP contribution < -0.4 is 0 Å². The van der Waals surface area contributed by atoms with Crippen LogP contribution in [0.3, 0.4) is 0 Å². The first-order valence-corrected chi connectivity index (χ1v) is 16.7. The molecule has 0 atom stereocenters. The minimum absolute atomic E-state index is 0.501. The highest BCUT2D eigenvalue weighted by atomic mass is 16.3. The van der Waals surface area contributed by atoms with Gasteiger partial charge in [0.15, 0.2) is 11.7 Å². The largest absolute Gasteiger partial charge is 0.456 e. The fourth-order valence-electron chi connectivity index (χ4n) is 7.09. The lowest BCUT2D eigenvalue weighted by Crippen LogP contribution is -2.06. The molecule has 0 radical (unpaired) electrons. The van der Waals surface area contributed by atoms with Crippen LogP contribution in [0, 0.1) is 0 Å². The molecule has 4 nitrogen and oxygen atoms in total. The summed E-state index contributed by atoms with van der Waals surface area (Å²) < 4.78 is 6.27. The van der Waals surface area contributed by atoms with Crippen LogP contribution in [0.15, 0.2) is 183 Å². The van der Waals surface area contributed by atoms with Gasteiger partial charge in [0, 0.05) is 27.3 Å². The summed E-state index contributed by atoms with van der Waals surface area (Å²) in [4.78, 5) is 14.7. The molecule has 0 aliphatic rings. The van der Waals surface area contributed by atoms with Gasteiger partial charge < -0.3 is 4.42 Å². The molecule has 0 N–H and O–H groups in total. The number of rotatable bonds is 5. The van der Waals surface area contributed by atoms with E-state index < -0.39 is 0 Å². The van der Waals surface area contributed by atoms with Crippen molar-refractivity contribution >= 4 is 72.6 Å². The Labute approximate surface area is 289 Å². The van der Waals surface area contributed by atoms with Crippen LogP contribution in [0.4, 0.5) is 0 Å². The molecule has 9 rings (SSSR count). The van der Waals surface area contributed by atoms with E-state index in [2.05, 4.69) is 115 Å². The van der Waals surface area contributed by atoms with Crippen molar-refractivity contribution in [1.29, 1.82) is 0 Å². The van der Waals surface area contributed by atoms with E-state index in [4.69, 9.17) is 14.4 Å². The van der Waals surface area contributed by atoms with Gasteiger partial charge in [-0.05, 0) is 74.6 Å². The number of nitrogens with zero attached hydrogens (tertiary/aromatic N) is 3. The highest BCUT2D eigenvalue weighted by Crippen LogP contribution is 2.40. The fourth-order valence-corrected chi connectivity index (χ4v) is 7.09. The average Bonchev–Trinajstić information content (AvgIpc) is 3.56. The van der Waals surface area contributed by atoms with Gasteiger partial charge >= 0.3 is 0 Å². The van der Waals surface area contributed by atoms with Crippen LogP contribution in [0.2, 0.25) is 0 Å². The number of fused-ring (bicyclic) bond motifs is 9. The minimum Gasteiger partial charge on any atom is -0.456 e. The molecule has 4 heteroatoms. The van der Waals surface area contributed by atoms with Gasteiger partial charge in [0.05, 0.1) is 6.54 Å². The molecule has 1 heterocycles. The summed E-state index contributed by atoms with van der Waals surface area (Å²) in [7, 11) is 0. The smallest absolute Gasteiger partial charge is 0.161 e. The third kappa shape index (κ3) is 5.15. The summed E-state index contributed by atoms with van der Waals surface area (Å²) in [6, 6.07) is 56.7. The summed E-state index contributed by atoms with van der Waals surface area (Å²) in [5, 5.41) is 9.12. The quantitative estimate of drug-likeness (QED) is 0.105. The van der Waals surface area contributed by atoms with Crippen LogP contribution >= 0.6 is 0 Å². The van der Waals surface area contributed by atoms with E-state index in [1.807, 2.05) is 60.7 Å². The van der Waals surface area contributed by atoms with Crippen LogP contribution in [-0.2, 0) is 6.54 Å². The topological polar surface area (TPSA) is 50.2 Å². The third-order valence-corrected chi connectivity index (χ3v) is 9.46. The van der Waals surface area contributed by atoms with Crippen molar-refractivity contribution in [3.05, 3.63) is 180 Å². The second-order valence-corrected chi connectivity index (χ2v) is 12.4. The molecule has 0 saturated heterocycles. The molecule has 9 aromatic rings. The molecule has 1 aromatic heterocycles. The summed E-state index contributed by atoms with van der Waals surface area (Å²) in [5.74, 6) is 1.13. The molecule has 0 aliphatic heterocycles. The van der Waals surface area contributed by atoms with Gasteiger partial charge in [0.1, 0.15) is 11.2 Å². The molecule has 0 bridgehead atoms. The maximum Gasteiger partial charge on any atom is 0.161 e. The number of aliphatic imine (C=N–C) groups is 3. The van der Waals surface area contributed by atoms with E-state index >= 15 is 0 Å². The summed E-state index contributed by atoms with van der Waals surface area (Å²) in [5.41, 5.74) is 6.90. The molecule has 0 fully saturated rings. The lowest BCUT2D eigenvalue weighted by Gasteiger charge is -2.15. The van der Waals surface area contributed by atoms with Gasteiger partial charge in [0.25, 0.3) is 0 Å². The Hall–Kier alpha value is -6.65. The SMILES string of the molecule is C=NC(=NC(=NCc1ccccc1)c1ccccc1)c1cccc2c3ccccc3c3ccc(-c4ccc5c(c4)oc4ccccc45)cc3c12. The van der Waals surface area contributed by atoms with Gasteiger partial charge in [-0.2, -0.15) is 0 Å². The molecular weight excluding hydrogens is 611 g/mol. The van der Waals surface area contributed by atoms with Crippen molar-refractivity contribution in [3.63, 3.8) is 0 Å². The highest BCUT2D eigenvalue weighted by molar-refractivity contribution is 6.31. The number of para-hydroxylation sites is 1. The Kier molecular flexibility index (Phi) is 7.33. The first kappa shape index (κ1) is 29.5. The second-order valence-electron chi connectivity index (χ2n) is 12.4. The van der Waals surface area contributed by atoms with Crippen LogP contribution in [-0.4, -0.2) is 18.4 Å². The third-order valence-electron chi connectivity index (χ3n) is 9.46. The van der Waals surface area contributed by atoms with Crippen LogP contribution in [0.5, 0.6) is 0 Å². The average molecular weight is 642 g/mol. The highest BCUT2D eigenvalue weighted by Gasteiger charge is 2.17. The number of benzene rings is 8. The van der Waals surface area contributed by atoms with Crippen molar-refractivity contribution in [1.82, 2.24) is 0 Å². The van der Waals surface area contributed by atoms with Gasteiger partial charge in [0.2, 0.25) is 0 Å². The Balaban J connectivity index is 1.27. The predicted octanol–water partition coefficient (Wildman–Crippen LogP) is 11.8. The Bertz CT molecular complexity index is 2790. The van der Waals surface area contributed by atoms with E-state index in [0.29, 0.717) is 18.2 Å². The Morgan fingerprint density at radius 2 is 1.08 bits per heavy atom. The van der Waals surface area contributed by atoms with Crippen LogP contribution in [0.25, 0.3) is 65.4 Å². The molecule has 8 aromatic carbocycles. The standard InChI is InChI=1S/C46H31N3O/c1-47-46(49-45(31-15-6-3-7-16-31)48-29-30-13-4-2-5-14-30)40-21-12-20-39-35-18-9-8-17-34(35)36-25-23-32(27-41(36)44(39)40)33-24-26-38-37-19-10-11-22-42(37)50-43(38)28-33/h2-28H,1,29H2. The fraction of sp³-hybridized carbons (Fsp3) is 0.0217. The molecular formula is C46H31N3O. The van der Waals surface area contributed by atoms with Gasteiger partial charge in [-0.3, -0.25) is 4.99 Å². The van der Waals surface area contributed by atoms with Crippen molar-refractivity contribution in [3.8, 4) is 11.1 Å². The minimum atomic E-state index is 0.501. The Morgan fingerprint density at radius 1 is 0.480 bits per heavy atom. The zero-order chi connectivity index (χ0) is 33.4. The van der Waals surface area contributed by atoms with E-state index in [1.54, 1.807) is 0 Å².